The number of para-hydroxylation sites is 1. The summed E-state index contributed by atoms with van der Waals surface area (Å²) in [5.74, 6) is -3.27. The van der Waals surface area contributed by atoms with Gasteiger partial charge in [0.05, 0.1) is 17.7 Å². The summed E-state index contributed by atoms with van der Waals surface area (Å²) in [7, 11) is 0. The molecule has 0 radical (unpaired) electrons. The van der Waals surface area contributed by atoms with Gasteiger partial charge in [0.2, 0.25) is 12.4 Å². The van der Waals surface area contributed by atoms with E-state index in [1.807, 2.05) is 0 Å². The molecule has 1 aromatic carbocycles. The number of ketones is 1. The predicted molar refractivity (Wildman–Crippen MR) is 64.4 cm³/mol. The first-order valence-electron chi connectivity index (χ1n) is 5.99. The molecule has 116 valence electrons. The van der Waals surface area contributed by atoms with Crippen LogP contribution in [0.5, 0.6) is 0 Å². The quantitative estimate of drug-likeness (QED) is 0.368. The lowest BCUT2D eigenvalue weighted by molar-refractivity contribution is -0.184. The van der Waals surface area contributed by atoms with Gasteiger partial charge in [0.15, 0.2) is 0 Å². The van der Waals surface area contributed by atoms with E-state index in [-0.39, 0.29) is 0 Å². The Morgan fingerprint density at radius 3 is 2.45 bits per heavy atom. The van der Waals surface area contributed by atoms with E-state index in [0.717, 1.165) is 24.3 Å². The molecule has 1 fully saturated rings. The maximum Gasteiger partial charge on any atom is 0.454 e. The van der Waals surface area contributed by atoms with E-state index in [0.29, 0.717) is 13.0 Å². The second-order valence-electron chi connectivity index (χ2n) is 4.23. The highest BCUT2D eigenvalue weighted by atomic mass is 19.4. The van der Waals surface area contributed by atoms with Gasteiger partial charge in [-0.1, -0.05) is 6.07 Å². The zero-order valence-electron chi connectivity index (χ0n) is 10.8. The van der Waals surface area contributed by atoms with Crippen molar-refractivity contribution in [1.82, 2.24) is 0 Å². The number of carbonyl (C=O) groups excluding carboxylic acids is 3. The first kappa shape index (κ1) is 15.9. The molecule has 6 nitrogen and oxygen atoms in total. The third kappa shape index (κ3) is 3.21. The number of esters is 1. The van der Waals surface area contributed by atoms with Crippen LogP contribution >= 0.6 is 0 Å². The van der Waals surface area contributed by atoms with Crippen molar-refractivity contribution in [3.63, 3.8) is 0 Å². The van der Waals surface area contributed by atoms with Gasteiger partial charge in [-0.3, -0.25) is 4.79 Å². The molecule has 0 N–H and O–H groups in total. The fraction of sp³-hybridized carbons (Fsp3) is 0.308. The zero-order valence-corrected chi connectivity index (χ0v) is 10.8. The topological polar surface area (TPSA) is 82.0 Å². The van der Waals surface area contributed by atoms with Crippen LogP contribution in [0, 0.1) is 0 Å². The minimum atomic E-state index is -5.17. The summed E-state index contributed by atoms with van der Waals surface area (Å²) in [5.41, 5.74) is -2.11. The average molecular weight is 315 g/mol. The molecule has 1 aliphatic rings. The van der Waals surface area contributed by atoms with Crippen LogP contribution in [-0.2, 0) is 14.3 Å². The fourth-order valence-corrected chi connectivity index (χ4v) is 1.70. The summed E-state index contributed by atoms with van der Waals surface area (Å²) in [6.07, 6.45) is -4.51. The standard InChI is InChI=1S/C13H8F3NO5/c14-13(15,16)11(19)7-2-1-3-8(10(7)17-6-18)12(20)22-9-4-5-21-9/h1-3,9H,4-5H2. The van der Waals surface area contributed by atoms with Crippen LogP contribution in [0.15, 0.2) is 23.2 Å². The SMILES string of the molecule is O=C=Nc1c(C(=O)OC2CCO2)cccc1C(=O)C(F)(F)F. The van der Waals surface area contributed by atoms with Crippen LogP contribution in [0.1, 0.15) is 27.1 Å². The van der Waals surface area contributed by atoms with Crippen molar-refractivity contribution in [3.05, 3.63) is 29.3 Å². The van der Waals surface area contributed by atoms with Gasteiger partial charge >= 0.3 is 12.1 Å². The summed E-state index contributed by atoms with van der Waals surface area (Å²) in [6, 6.07) is 2.95. The Balaban J connectivity index is 2.43. The summed E-state index contributed by atoms with van der Waals surface area (Å²) in [5, 5.41) is 0. The van der Waals surface area contributed by atoms with Gasteiger partial charge in [-0.15, -0.1) is 0 Å². The van der Waals surface area contributed by atoms with Crippen LogP contribution in [0.3, 0.4) is 0 Å². The molecule has 0 saturated carbocycles. The van der Waals surface area contributed by atoms with Crippen molar-refractivity contribution in [2.75, 3.05) is 6.61 Å². The van der Waals surface area contributed by atoms with Crippen LogP contribution in [0.4, 0.5) is 18.9 Å². The number of nitrogens with zero attached hydrogens (tertiary/aromatic N) is 1. The Hall–Kier alpha value is -2.51. The van der Waals surface area contributed by atoms with Crippen LogP contribution in [-0.4, -0.2) is 36.9 Å². The Kier molecular flexibility index (Phi) is 4.39. The predicted octanol–water partition coefficient (Wildman–Crippen LogP) is 2.30. The smallest absolute Gasteiger partial charge is 0.432 e. The lowest BCUT2D eigenvalue weighted by Crippen LogP contribution is -2.32. The summed E-state index contributed by atoms with van der Waals surface area (Å²) < 4.78 is 47.3. The van der Waals surface area contributed by atoms with Crippen molar-refractivity contribution < 1.29 is 37.0 Å². The number of alkyl halides is 3. The van der Waals surface area contributed by atoms with E-state index >= 15 is 0 Å². The summed E-state index contributed by atoms with van der Waals surface area (Å²) in [4.78, 5) is 36.7. The number of Topliss-reactive ketones (excluding diaryl/α,β-unsaturated/α-hetero) is 1. The number of aliphatic imine (C=N–C) groups is 1. The molecule has 2 rings (SSSR count). The lowest BCUT2D eigenvalue weighted by Gasteiger charge is -2.25. The van der Waals surface area contributed by atoms with Gasteiger partial charge in [0.1, 0.15) is 5.69 Å². The molecule has 9 heteroatoms. The van der Waals surface area contributed by atoms with Crippen LogP contribution in [0.2, 0.25) is 0 Å². The van der Waals surface area contributed by atoms with Crippen molar-refractivity contribution in [3.8, 4) is 0 Å². The highest BCUT2D eigenvalue weighted by Crippen LogP contribution is 2.31. The Morgan fingerprint density at radius 2 is 1.95 bits per heavy atom. The third-order valence-corrected chi connectivity index (χ3v) is 2.81. The summed E-state index contributed by atoms with van der Waals surface area (Å²) >= 11 is 0. The van der Waals surface area contributed by atoms with Crippen molar-refractivity contribution in [2.45, 2.75) is 18.9 Å². The van der Waals surface area contributed by atoms with E-state index in [9.17, 15) is 27.6 Å². The van der Waals surface area contributed by atoms with Crippen molar-refractivity contribution in [2.24, 2.45) is 4.99 Å². The molecular formula is C13H8F3NO5. The molecule has 1 atom stereocenters. The number of hydrogen-bond acceptors (Lipinski definition) is 6. The van der Waals surface area contributed by atoms with Gasteiger partial charge in [0, 0.05) is 6.42 Å². The third-order valence-electron chi connectivity index (χ3n) is 2.81. The molecule has 0 bridgehead atoms. The van der Waals surface area contributed by atoms with E-state index in [1.54, 1.807) is 0 Å². The number of carbonyl (C=O) groups is 2. The molecule has 1 aliphatic heterocycles. The molecular weight excluding hydrogens is 307 g/mol. The number of isocyanates is 1. The first-order chi connectivity index (χ1) is 10.3. The van der Waals surface area contributed by atoms with E-state index < -0.39 is 41.0 Å². The van der Waals surface area contributed by atoms with Gasteiger partial charge in [-0.2, -0.15) is 18.2 Å². The summed E-state index contributed by atoms with van der Waals surface area (Å²) in [6.45, 7) is 0.393. The Labute approximate surface area is 121 Å². The lowest BCUT2D eigenvalue weighted by atomic mass is 10.0. The van der Waals surface area contributed by atoms with Gasteiger partial charge in [-0.05, 0) is 12.1 Å². The highest BCUT2D eigenvalue weighted by molar-refractivity contribution is 6.08. The normalized spacial score (nSPS) is 17.1. The number of rotatable bonds is 4. The fourth-order valence-electron chi connectivity index (χ4n) is 1.70. The minimum absolute atomic E-state index is 0.393. The maximum atomic E-state index is 12.5. The van der Waals surface area contributed by atoms with Crippen molar-refractivity contribution in [1.29, 1.82) is 0 Å². The van der Waals surface area contributed by atoms with Gasteiger partial charge in [0.25, 0.3) is 5.78 Å². The zero-order chi connectivity index (χ0) is 16.3. The average Bonchev–Trinajstić information content (AvgIpc) is 2.41. The monoisotopic (exact) mass is 315 g/mol. The Morgan fingerprint density at radius 1 is 1.32 bits per heavy atom. The minimum Gasteiger partial charge on any atom is -0.432 e. The molecule has 22 heavy (non-hydrogen) atoms. The largest absolute Gasteiger partial charge is 0.454 e. The van der Waals surface area contributed by atoms with Gasteiger partial charge < -0.3 is 9.47 Å². The van der Waals surface area contributed by atoms with E-state index in [4.69, 9.17) is 9.47 Å². The molecule has 0 spiro atoms. The molecule has 1 heterocycles. The number of halogens is 3. The molecule has 1 saturated heterocycles. The van der Waals surface area contributed by atoms with E-state index in [1.165, 1.54) is 0 Å². The Bertz CT molecular complexity index is 660. The number of ether oxygens (including phenoxy) is 2. The van der Waals surface area contributed by atoms with E-state index in [2.05, 4.69) is 4.99 Å². The number of benzene rings is 1. The van der Waals surface area contributed by atoms with Crippen LogP contribution < -0.4 is 0 Å². The van der Waals surface area contributed by atoms with Gasteiger partial charge in [-0.25, -0.2) is 9.59 Å². The second kappa shape index (κ2) is 6.08. The molecule has 0 amide bonds. The highest BCUT2D eigenvalue weighted by Gasteiger charge is 2.41. The molecule has 0 aromatic heterocycles. The van der Waals surface area contributed by atoms with Crippen molar-refractivity contribution >= 4 is 23.5 Å². The van der Waals surface area contributed by atoms with Crippen LogP contribution in [0.25, 0.3) is 0 Å². The first-order valence-corrected chi connectivity index (χ1v) is 5.99. The molecule has 1 aromatic rings. The molecule has 1 unspecified atom stereocenters. The molecule has 0 aliphatic carbocycles. The second-order valence-corrected chi connectivity index (χ2v) is 4.23. The number of hydrogen-bond donors (Lipinski definition) is 0. The maximum absolute atomic E-state index is 12.5.